The molecule has 1 amide bonds. The minimum absolute atomic E-state index is 0.197. The van der Waals surface area contributed by atoms with Gasteiger partial charge in [0.15, 0.2) is 0 Å². The molecule has 2 aliphatic carbocycles. The smallest absolute Gasteiger partial charge is 0.412 e. The predicted octanol–water partition coefficient (Wildman–Crippen LogP) is 4.79. The number of hydrogen-bond donors (Lipinski definition) is 3. The SMILES string of the molecule is C1CCC(NC2CCCCC2)CC1.C=COC(=O)N[C@@H](Cc1ccccc1)C(=O)O. The minimum Gasteiger partial charge on any atom is -0.480 e. The zero-order valence-corrected chi connectivity index (χ0v) is 17.9. The Kier molecular flexibility index (Phi) is 11.0. The molecule has 0 spiro atoms. The summed E-state index contributed by atoms with van der Waals surface area (Å²) in [6.07, 6.45) is 14.9. The van der Waals surface area contributed by atoms with Crippen LogP contribution in [0.3, 0.4) is 0 Å². The number of benzene rings is 1. The lowest BCUT2D eigenvalue weighted by molar-refractivity contribution is -0.139. The third-order valence-electron chi connectivity index (χ3n) is 5.74. The van der Waals surface area contributed by atoms with E-state index in [0.29, 0.717) is 0 Å². The highest BCUT2D eigenvalue weighted by molar-refractivity contribution is 5.80. The van der Waals surface area contributed by atoms with Crippen molar-refractivity contribution < 1.29 is 19.4 Å². The summed E-state index contributed by atoms with van der Waals surface area (Å²) in [4.78, 5) is 22.0. The highest BCUT2D eigenvalue weighted by Gasteiger charge is 2.21. The molecule has 166 valence electrons. The Bertz CT molecular complexity index is 622. The van der Waals surface area contributed by atoms with E-state index >= 15 is 0 Å². The average Bonchev–Trinajstić information content (AvgIpc) is 2.76. The summed E-state index contributed by atoms with van der Waals surface area (Å²) < 4.78 is 4.41. The third-order valence-corrected chi connectivity index (χ3v) is 5.74. The molecule has 3 rings (SSSR count). The predicted molar refractivity (Wildman–Crippen MR) is 118 cm³/mol. The molecular weight excluding hydrogens is 380 g/mol. The van der Waals surface area contributed by atoms with Crippen LogP contribution >= 0.6 is 0 Å². The standard InChI is InChI=1S/C12H13NO4.C12H23N/c1-2-17-12(16)13-10(11(14)15)8-9-6-4-3-5-7-9;1-3-7-11(8-4-1)13-12-9-5-2-6-10-12/h2-7,10H,1,8H2,(H,13,16)(H,14,15);11-13H,1-10H2/t10-;/m0./s1. The number of ether oxygens (including phenoxy) is 1. The van der Waals surface area contributed by atoms with Crippen LogP contribution in [-0.4, -0.2) is 35.3 Å². The number of aliphatic carboxylic acids is 1. The summed E-state index contributed by atoms with van der Waals surface area (Å²) in [5, 5.41) is 15.0. The van der Waals surface area contributed by atoms with E-state index in [9.17, 15) is 9.59 Å². The quantitative estimate of drug-likeness (QED) is 0.556. The first-order valence-corrected chi connectivity index (χ1v) is 11.2. The van der Waals surface area contributed by atoms with Gasteiger partial charge in [0.05, 0.1) is 6.26 Å². The van der Waals surface area contributed by atoms with Gasteiger partial charge in [0.1, 0.15) is 6.04 Å². The molecule has 1 aromatic carbocycles. The fraction of sp³-hybridized carbons (Fsp3) is 0.583. The highest BCUT2D eigenvalue weighted by atomic mass is 16.5. The normalized spacial score (nSPS) is 18.4. The summed E-state index contributed by atoms with van der Waals surface area (Å²) in [6.45, 7) is 3.21. The Hall–Kier alpha value is -2.34. The van der Waals surface area contributed by atoms with Crippen molar-refractivity contribution in [1.29, 1.82) is 0 Å². The number of carbonyl (C=O) groups is 2. The van der Waals surface area contributed by atoms with Gasteiger partial charge in [0.2, 0.25) is 0 Å². The largest absolute Gasteiger partial charge is 0.480 e. The molecule has 3 N–H and O–H groups in total. The van der Waals surface area contributed by atoms with Crippen molar-refractivity contribution in [1.82, 2.24) is 10.6 Å². The molecule has 6 nitrogen and oxygen atoms in total. The first-order valence-electron chi connectivity index (χ1n) is 11.2. The number of nitrogens with one attached hydrogen (secondary N) is 2. The zero-order valence-electron chi connectivity index (χ0n) is 17.9. The first kappa shape index (κ1) is 23.9. The van der Waals surface area contributed by atoms with E-state index in [-0.39, 0.29) is 6.42 Å². The van der Waals surface area contributed by atoms with E-state index in [1.165, 1.54) is 64.2 Å². The number of carbonyl (C=O) groups excluding carboxylic acids is 1. The van der Waals surface area contributed by atoms with Crippen LogP contribution in [0.2, 0.25) is 0 Å². The monoisotopic (exact) mass is 416 g/mol. The van der Waals surface area contributed by atoms with Crippen molar-refractivity contribution in [3.63, 3.8) is 0 Å². The van der Waals surface area contributed by atoms with Crippen LogP contribution in [0.1, 0.15) is 69.8 Å². The molecule has 1 aromatic rings. The lowest BCUT2D eigenvalue weighted by Crippen LogP contribution is -2.42. The molecule has 0 aliphatic heterocycles. The summed E-state index contributed by atoms with van der Waals surface area (Å²) in [5.41, 5.74) is 0.818. The number of carboxylic acid groups (broad SMARTS) is 1. The van der Waals surface area contributed by atoms with Gasteiger partial charge in [0.25, 0.3) is 0 Å². The van der Waals surface area contributed by atoms with Gasteiger partial charge in [-0.1, -0.05) is 75.4 Å². The second-order valence-corrected chi connectivity index (χ2v) is 8.13. The van der Waals surface area contributed by atoms with Crippen molar-refractivity contribution in [2.75, 3.05) is 0 Å². The molecule has 2 aliphatic rings. The van der Waals surface area contributed by atoms with E-state index in [1.807, 2.05) is 6.07 Å². The van der Waals surface area contributed by atoms with Crippen LogP contribution in [0.4, 0.5) is 4.79 Å². The van der Waals surface area contributed by atoms with E-state index in [2.05, 4.69) is 21.9 Å². The molecule has 0 unspecified atom stereocenters. The molecule has 2 fully saturated rings. The molecule has 6 heteroatoms. The molecule has 0 aromatic heterocycles. The number of carboxylic acids is 1. The van der Waals surface area contributed by atoms with Gasteiger partial charge in [-0.3, -0.25) is 0 Å². The van der Waals surface area contributed by atoms with E-state index in [0.717, 1.165) is 23.9 Å². The summed E-state index contributed by atoms with van der Waals surface area (Å²) >= 11 is 0. The van der Waals surface area contributed by atoms with E-state index in [4.69, 9.17) is 5.11 Å². The third kappa shape index (κ3) is 9.44. The second-order valence-electron chi connectivity index (χ2n) is 8.13. The fourth-order valence-electron chi connectivity index (χ4n) is 4.17. The number of hydrogen-bond acceptors (Lipinski definition) is 4. The zero-order chi connectivity index (χ0) is 21.6. The summed E-state index contributed by atoms with van der Waals surface area (Å²) in [5.74, 6) is -1.12. The summed E-state index contributed by atoms with van der Waals surface area (Å²) in [7, 11) is 0. The average molecular weight is 417 g/mol. The van der Waals surface area contributed by atoms with Crippen LogP contribution < -0.4 is 10.6 Å². The van der Waals surface area contributed by atoms with Gasteiger partial charge in [-0.25, -0.2) is 9.59 Å². The molecule has 30 heavy (non-hydrogen) atoms. The number of alkyl carbamates (subject to hydrolysis) is 1. The number of amides is 1. The Balaban J connectivity index is 0.000000220. The molecule has 0 saturated heterocycles. The van der Waals surface area contributed by atoms with Crippen molar-refractivity contribution in [3.8, 4) is 0 Å². The van der Waals surface area contributed by atoms with Crippen molar-refractivity contribution >= 4 is 12.1 Å². The van der Waals surface area contributed by atoms with Gasteiger partial charge in [-0.15, -0.1) is 0 Å². The van der Waals surface area contributed by atoms with Crippen molar-refractivity contribution in [3.05, 3.63) is 48.7 Å². The molecule has 0 heterocycles. The van der Waals surface area contributed by atoms with E-state index < -0.39 is 18.1 Å². The van der Waals surface area contributed by atoms with Gasteiger partial charge in [0, 0.05) is 18.5 Å². The molecular formula is C24H36N2O4. The Morgan fingerprint density at radius 3 is 2.00 bits per heavy atom. The Morgan fingerprint density at radius 1 is 1.00 bits per heavy atom. The number of rotatable bonds is 7. The molecule has 1 atom stereocenters. The molecule has 2 saturated carbocycles. The van der Waals surface area contributed by atoms with Crippen LogP contribution in [0.5, 0.6) is 0 Å². The highest BCUT2D eigenvalue weighted by Crippen LogP contribution is 2.22. The molecule has 0 radical (unpaired) electrons. The Labute approximate surface area is 180 Å². The van der Waals surface area contributed by atoms with Gasteiger partial charge < -0.3 is 20.5 Å². The van der Waals surface area contributed by atoms with Crippen molar-refractivity contribution in [2.24, 2.45) is 0 Å². The lowest BCUT2D eigenvalue weighted by atomic mass is 9.91. The van der Waals surface area contributed by atoms with Crippen LogP contribution in [0.15, 0.2) is 43.2 Å². The lowest BCUT2D eigenvalue weighted by Gasteiger charge is -2.30. The van der Waals surface area contributed by atoms with E-state index in [1.54, 1.807) is 24.3 Å². The van der Waals surface area contributed by atoms with Crippen LogP contribution in [0.25, 0.3) is 0 Å². The van der Waals surface area contributed by atoms with Gasteiger partial charge in [-0.05, 0) is 31.2 Å². The minimum atomic E-state index is -1.12. The van der Waals surface area contributed by atoms with Gasteiger partial charge >= 0.3 is 12.1 Å². The fourth-order valence-corrected chi connectivity index (χ4v) is 4.17. The maximum absolute atomic E-state index is 11.1. The first-order chi connectivity index (χ1) is 14.6. The second kappa shape index (κ2) is 13.8. The topological polar surface area (TPSA) is 87.7 Å². The maximum atomic E-state index is 11.1. The van der Waals surface area contributed by atoms with Crippen molar-refractivity contribution in [2.45, 2.75) is 88.8 Å². The Morgan fingerprint density at radius 2 is 1.53 bits per heavy atom. The maximum Gasteiger partial charge on any atom is 0.412 e. The summed E-state index contributed by atoms with van der Waals surface area (Å²) in [6, 6.07) is 9.73. The van der Waals surface area contributed by atoms with Crippen LogP contribution in [-0.2, 0) is 16.0 Å². The molecule has 0 bridgehead atoms. The van der Waals surface area contributed by atoms with Gasteiger partial charge in [-0.2, -0.15) is 0 Å². The van der Waals surface area contributed by atoms with Crippen LogP contribution in [0, 0.1) is 0 Å².